The minimum Gasteiger partial charge on any atom is -0.497 e. The molecule has 0 saturated heterocycles. The molecule has 5 nitrogen and oxygen atoms in total. The molecule has 1 amide bonds. The van der Waals surface area contributed by atoms with Crippen LogP contribution in [0.25, 0.3) is 0 Å². The molecule has 1 aromatic carbocycles. The number of methoxy groups -OCH3 is 2. The van der Waals surface area contributed by atoms with Crippen LogP contribution < -0.4 is 15.8 Å². The van der Waals surface area contributed by atoms with Gasteiger partial charge in [-0.15, -0.1) is 0 Å². The Hall–Kier alpha value is -1.40. The minimum absolute atomic E-state index is 0.0268. The van der Waals surface area contributed by atoms with Crippen molar-refractivity contribution in [2.75, 3.05) is 43.4 Å². The smallest absolute Gasteiger partial charge is 0.225 e. The number of amides is 1. The van der Waals surface area contributed by atoms with Crippen LogP contribution in [0.4, 0.5) is 11.4 Å². The molecule has 0 bridgehead atoms. The van der Waals surface area contributed by atoms with Gasteiger partial charge < -0.3 is 20.5 Å². The van der Waals surface area contributed by atoms with Gasteiger partial charge in [0.15, 0.2) is 0 Å². The van der Waals surface area contributed by atoms with Gasteiger partial charge in [-0.25, -0.2) is 0 Å². The predicted molar refractivity (Wildman–Crippen MR) is 84.5 cm³/mol. The van der Waals surface area contributed by atoms with Crippen LogP contribution >= 0.6 is 11.8 Å². The van der Waals surface area contributed by atoms with E-state index in [0.717, 1.165) is 24.5 Å². The van der Waals surface area contributed by atoms with E-state index in [0.29, 0.717) is 23.5 Å². The van der Waals surface area contributed by atoms with Crippen molar-refractivity contribution in [2.24, 2.45) is 0 Å². The first-order valence-electron chi connectivity index (χ1n) is 6.47. The fraction of sp³-hybridized carbons (Fsp3) is 0.500. The molecule has 1 aromatic rings. The number of benzene rings is 1. The molecule has 0 unspecified atom stereocenters. The number of nitrogen functional groups attached to an aromatic ring is 1. The summed E-state index contributed by atoms with van der Waals surface area (Å²) in [5.74, 6) is 2.45. The summed E-state index contributed by atoms with van der Waals surface area (Å²) in [7, 11) is 3.27. The lowest BCUT2D eigenvalue weighted by atomic mass is 10.2. The van der Waals surface area contributed by atoms with Gasteiger partial charge in [0.2, 0.25) is 5.91 Å². The summed E-state index contributed by atoms with van der Waals surface area (Å²) in [5, 5.41) is 2.81. The summed E-state index contributed by atoms with van der Waals surface area (Å²) < 4.78 is 10.0. The zero-order valence-corrected chi connectivity index (χ0v) is 12.8. The third-order valence-electron chi connectivity index (χ3n) is 2.64. The van der Waals surface area contributed by atoms with Crippen LogP contribution in [0.5, 0.6) is 5.75 Å². The van der Waals surface area contributed by atoms with E-state index >= 15 is 0 Å². The monoisotopic (exact) mass is 298 g/mol. The molecule has 3 N–H and O–H groups in total. The van der Waals surface area contributed by atoms with E-state index in [1.54, 1.807) is 44.2 Å². The van der Waals surface area contributed by atoms with E-state index in [1.165, 1.54) is 0 Å². The average molecular weight is 298 g/mol. The van der Waals surface area contributed by atoms with Crippen molar-refractivity contribution in [2.45, 2.75) is 12.8 Å². The molecular formula is C14H22N2O3S. The summed E-state index contributed by atoms with van der Waals surface area (Å²) in [5.41, 5.74) is 6.97. The fourth-order valence-corrected chi connectivity index (χ4v) is 2.42. The van der Waals surface area contributed by atoms with Crippen molar-refractivity contribution in [3.8, 4) is 5.75 Å². The third kappa shape index (κ3) is 6.16. The molecule has 112 valence electrons. The quantitative estimate of drug-likeness (QED) is 0.541. The zero-order valence-electron chi connectivity index (χ0n) is 12.0. The van der Waals surface area contributed by atoms with Crippen LogP contribution in [0, 0.1) is 0 Å². The number of anilines is 2. The first-order chi connectivity index (χ1) is 9.67. The largest absolute Gasteiger partial charge is 0.497 e. The molecular weight excluding hydrogens is 276 g/mol. The standard InChI is InChI=1S/C14H22N2O3S/c1-18-7-3-8-20-9-6-14(17)16-13-5-4-11(19-2)10-12(13)15/h4-5,10H,3,6-9,15H2,1-2H3,(H,16,17). The maximum atomic E-state index is 11.8. The molecule has 0 aliphatic rings. The summed E-state index contributed by atoms with van der Waals surface area (Å²) in [6.07, 6.45) is 1.48. The van der Waals surface area contributed by atoms with Gasteiger partial charge in [-0.1, -0.05) is 0 Å². The Balaban J connectivity index is 2.28. The number of nitrogens with one attached hydrogen (secondary N) is 1. The summed E-state index contributed by atoms with van der Waals surface area (Å²) in [4.78, 5) is 11.8. The number of hydrogen-bond acceptors (Lipinski definition) is 5. The van der Waals surface area contributed by atoms with E-state index in [9.17, 15) is 4.79 Å². The second kappa shape index (κ2) is 9.50. The normalized spacial score (nSPS) is 10.3. The van der Waals surface area contributed by atoms with E-state index in [-0.39, 0.29) is 5.91 Å². The summed E-state index contributed by atoms with van der Waals surface area (Å²) in [6.45, 7) is 0.765. The Labute approximate surface area is 124 Å². The van der Waals surface area contributed by atoms with Gasteiger partial charge >= 0.3 is 0 Å². The third-order valence-corrected chi connectivity index (χ3v) is 3.71. The molecule has 6 heteroatoms. The summed E-state index contributed by atoms with van der Waals surface area (Å²) in [6, 6.07) is 5.21. The maximum Gasteiger partial charge on any atom is 0.225 e. The van der Waals surface area contributed by atoms with E-state index in [4.69, 9.17) is 15.2 Å². The second-order valence-electron chi connectivity index (χ2n) is 4.21. The second-order valence-corrected chi connectivity index (χ2v) is 5.43. The van der Waals surface area contributed by atoms with Crippen molar-refractivity contribution in [3.05, 3.63) is 18.2 Å². The van der Waals surface area contributed by atoms with Gasteiger partial charge in [0.25, 0.3) is 0 Å². The van der Waals surface area contributed by atoms with Gasteiger partial charge in [-0.3, -0.25) is 4.79 Å². The highest BCUT2D eigenvalue weighted by atomic mass is 32.2. The van der Waals surface area contributed by atoms with E-state index < -0.39 is 0 Å². The van der Waals surface area contributed by atoms with Crippen molar-refractivity contribution < 1.29 is 14.3 Å². The molecule has 0 atom stereocenters. The van der Waals surface area contributed by atoms with Crippen LogP contribution in [0.2, 0.25) is 0 Å². The first kappa shape index (κ1) is 16.7. The number of carbonyl (C=O) groups excluding carboxylic acids is 1. The van der Waals surface area contributed by atoms with Gasteiger partial charge in [-0.2, -0.15) is 11.8 Å². The van der Waals surface area contributed by atoms with Crippen LogP contribution in [-0.4, -0.2) is 38.2 Å². The van der Waals surface area contributed by atoms with E-state index in [2.05, 4.69) is 5.32 Å². The summed E-state index contributed by atoms with van der Waals surface area (Å²) >= 11 is 1.75. The van der Waals surface area contributed by atoms with Gasteiger partial charge in [0.1, 0.15) is 5.75 Å². The molecule has 0 spiro atoms. The van der Waals surface area contributed by atoms with Crippen molar-refractivity contribution in [3.63, 3.8) is 0 Å². The number of hydrogen-bond donors (Lipinski definition) is 2. The topological polar surface area (TPSA) is 73.6 Å². The van der Waals surface area contributed by atoms with Gasteiger partial charge in [-0.05, 0) is 24.3 Å². The molecule has 0 aromatic heterocycles. The highest BCUT2D eigenvalue weighted by Gasteiger charge is 2.06. The molecule has 0 fully saturated rings. The molecule has 0 aliphatic carbocycles. The minimum atomic E-state index is -0.0268. The SMILES string of the molecule is COCCCSCCC(=O)Nc1ccc(OC)cc1N. The van der Waals surface area contributed by atoms with E-state index in [1.807, 2.05) is 0 Å². The number of rotatable bonds is 9. The highest BCUT2D eigenvalue weighted by molar-refractivity contribution is 7.99. The molecule has 0 radical (unpaired) electrons. The Morgan fingerprint density at radius 3 is 2.80 bits per heavy atom. The molecule has 0 aliphatic heterocycles. The average Bonchev–Trinajstić information content (AvgIpc) is 2.45. The fourth-order valence-electron chi connectivity index (χ4n) is 1.57. The molecule has 0 heterocycles. The predicted octanol–water partition coefficient (Wildman–Crippen LogP) is 2.38. The Kier molecular flexibility index (Phi) is 7.91. The lowest BCUT2D eigenvalue weighted by Crippen LogP contribution is -2.13. The van der Waals surface area contributed by atoms with Crippen LogP contribution in [0.1, 0.15) is 12.8 Å². The highest BCUT2D eigenvalue weighted by Crippen LogP contribution is 2.24. The van der Waals surface area contributed by atoms with Crippen molar-refractivity contribution >= 4 is 29.0 Å². The molecule has 20 heavy (non-hydrogen) atoms. The van der Waals surface area contributed by atoms with Crippen LogP contribution in [0.15, 0.2) is 18.2 Å². The zero-order chi connectivity index (χ0) is 14.8. The van der Waals surface area contributed by atoms with Crippen LogP contribution in [-0.2, 0) is 9.53 Å². The van der Waals surface area contributed by atoms with Crippen molar-refractivity contribution in [1.29, 1.82) is 0 Å². The van der Waals surface area contributed by atoms with Crippen LogP contribution in [0.3, 0.4) is 0 Å². The lowest BCUT2D eigenvalue weighted by Gasteiger charge is -2.09. The number of carbonyl (C=O) groups is 1. The Bertz CT molecular complexity index is 427. The first-order valence-corrected chi connectivity index (χ1v) is 7.63. The van der Waals surface area contributed by atoms with Crippen molar-refractivity contribution in [1.82, 2.24) is 0 Å². The van der Waals surface area contributed by atoms with Gasteiger partial charge in [0, 0.05) is 32.0 Å². The maximum absolute atomic E-state index is 11.8. The number of ether oxygens (including phenoxy) is 2. The molecule has 0 saturated carbocycles. The Morgan fingerprint density at radius 2 is 2.15 bits per heavy atom. The molecule has 1 rings (SSSR count). The number of thioether (sulfide) groups is 1. The lowest BCUT2D eigenvalue weighted by molar-refractivity contribution is -0.115. The van der Waals surface area contributed by atoms with Gasteiger partial charge in [0.05, 0.1) is 18.5 Å². The Morgan fingerprint density at radius 1 is 1.35 bits per heavy atom. The number of nitrogens with two attached hydrogens (primary N) is 1.